The van der Waals surface area contributed by atoms with E-state index in [2.05, 4.69) is 37.9 Å². The van der Waals surface area contributed by atoms with Gasteiger partial charge >= 0.3 is 0 Å². The zero-order chi connectivity index (χ0) is 20.6. The van der Waals surface area contributed by atoms with Crippen molar-refractivity contribution in [2.24, 2.45) is 0 Å². The van der Waals surface area contributed by atoms with Crippen molar-refractivity contribution in [1.29, 1.82) is 0 Å². The molecule has 8 heteroatoms. The van der Waals surface area contributed by atoms with Crippen LogP contribution in [0.1, 0.15) is 57.2 Å². The molecule has 0 radical (unpaired) electrons. The standard InChI is InChI=1S/C22H29BrN2O3S.ClH/c1-3-29(26,27)16-13-17(22(28-2)18(23)14-16)19-10-11-20(24-19)21-9-6-8-15-7-4-5-12-25(15)21;/h10-11,13-15,21,24H,3-9,12H2,1-2H3;1H. The summed E-state index contributed by atoms with van der Waals surface area (Å²) >= 11 is 3.49. The summed E-state index contributed by atoms with van der Waals surface area (Å²) in [5, 5.41) is 0. The van der Waals surface area contributed by atoms with E-state index in [1.165, 1.54) is 50.8 Å². The van der Waals surface area contributed by atoms with Crippen LogP contribution in [0.25, 0.3) is 11.3 Å². The summed E-state index contributed by atoms with van der Waals surface area (Å²) < 4.78 is 31.2. The number of hydrogen-bond donors (Lipinski definition) is 1. The number of nitrogens with zero attached hydrogens (tertiary/aromatic N) is 1. The third kappa shape index (κ3) is 4.45. The minimum absolute atomic E-state index is 0. The fourth-order valence-corrected chi connectivity index (χ4v) is 6.58. The van der Waals surface area contributed by atoms with Gasteiger partial charge in [0.25, 0.3) is 0 Å². The number of methoxy groups -OCH3 is 1. The van der Waals surface area contributed by atoms with Crippen LogP contribution in [0.4, 0.5) is 0 Å². The highest BCUT2D eigenvalue weighted by Crippen LogP contribution is 2.42. The van der Waals surface area contributed by atoms with Gasteiger partial charge in [-0.25, -0.2) is 8.42 Å². The smallest absolute Gasteiger partial charge is 0.178 e. The van der Waals surface area contributed by atoms with Crippen LogP contribution in [0.15, 0.2) is 33.6 Å². The Kier molecular flexibility index (Phi) is 7.59. The second kappa shape index (κ2) is 9.63. The monoisotopic (exact) mass is 516 g/mol. The minimum atomic E-state index is -3.31. The average Bonchev–Trinajstić information content (AvgIpc) is 3.22. The number of ether oxygens (including phenoxy) is 1. The first-order chi connectivity index (χ1) is 13.9. The molecule has 0 aliphatic carbocycles. The van der Waals surface area contributed by atoms with Crippen molar-refractivity contribution in [3.8, 4) is 17.0 Å². The second-order valence-corrected chi connectivity index (χ2v) is 11.2. The number of fused-ring (bicyclic) bond motifs is 1. The Morgan fingerprint density at radius 1 is 1.17 bits per heavy atom. The van der Waals surface area contributed by atoms with Gasteiger partial charge in [-0.05, 0) is 78.8 Å². The Labute approximate surface area is 194 Å². The fourth-order valence-electron chi connectivity index (χ4n) is 4.88. The Bertz CT molecular complexity index is 990. The van der Waals surface area contributed by atoms with E-state index in [1.54, 1.807) is 26.2 Å². The summed E-state index contributed by atoms with van der Waals surface area (Å²) in [7, 11) is -1.70. The zero-order valence-corrected chi connectivity index (χ0v) is 20.7. The lowest BCUT2D eigenvalue weighted by Gasteiger charge is -2.44. The zero-order valence-electron chi connectivity index (χ0n) is 17.5. The Morgan fingerprint density at radius 2 is 1.93 bits per heavy atom. The van der Waals surface area contributed by atoms with Gasteiger partial charge in [0.2, 0.25) is 0 Å². The number of hydrogen-bond acceptors (Lipinski definition) is 4. The van der Waals surface area contributed by atoms with E-state index in [4.69, 9.17) is 4.74 Å². The van der Waals surface area contributed by atoms with Crippen LogP contribution in [0.3, 0.4) is 0 Å². The van der Waals surface area contributed by atoms with Crippen LogP contribution in [0.2, 0.25) is 0 Å². The maximum atomic E-state index is 12.5. The molecule has 2 aliphatic rings. The first kappa shape index (κ1) is 23.6. The number of nitrogens with one attached hydrogen (secondary N) is 1. The number of benzene rings is 1. The highest BCUT2D eigenvalue weighted by molar-refractivity contribution is 9.10. The summed E-state index contributed by atoms with van der Waals surface area (Å²) in [6.07, 6.45) is 7.66. The van der Waals surface area contributed by atoms with Gasteiger partial charge in [-0.15, -0.1) is 12.4 Å². The van der Waals surface area contributed by atoms with Crippen LogP contribution in [-0.4, -0.2) is 43.8 Å². The predicted octanol–water partition coefficient (Wildman–Crippen LogP) is 5.75. The third-order valence-electron chi connectivity index (χ3n) is 6.41. The summed E-state index contributed by atoms with van der Waals surface area (Å²) in [5.74, 6) is 0.715. The second-order valence-electron chi connectivity index (χ2n) is 8.05. The van der Waals surface area contributed by atoms with Gasteiger partial charge in [0.1, 0.15) is 5.75 Å². The van der Waals surface area contributed by atoms with Crippen molar-refractivity contribution in [2.45, 2.75) is 62.4 Å². The molecule has 1 aromatic heterocycles. The Balaban J connectivity index is 0.00000256. The van der Waals surface area contributed by atoms with E-state index in [1.807, 2.05) is 0 Å². The molecule has 2 unspecified atom stereocenters. The van der Waals surface area contributed by atoms with E-state index in [-0.39, 0.29) is 18.2 Å². The largest absolute Gasteiger partial charge is 0.495 e. The average molecular weight is 518 g/mol. The summed E-state index contributed by atoms with van der Waals surface area (Å²) in [5.41, 5.74) is 2.88. The number of H-pyrrole nitrogens is 1. The molecule has 0 saturated carbocycles. The van der Waals surface area contributed by atoms with Crippen LogP contribution >= 0.6 is 28.3 Å². The van der Waals surface area contributed by atoms with Crippen LogP contribution < -0.4 is 4.74 Å². The molecule has 3 heterocycles. The number of sulfone groups is 1. The number of rotatable bonds is 5. The lowest BCUT2D eigenvalue weighted by molar-refractivity contribution is 0.0501. The first-order valence-electron chi connectivity index (χ1n) is 10.5. The van der Waals surface area contributed by atoms with E-state index in [0.717, 1.165) is 11.3 Å². The van der Waals surface area contributed by atoms with Crippen LogP contribution in [-0.2, 0) is 9.84 Å². The van der Waals surface area contributed by atoms with Gasteiger partial charge in [-0.2, -0.15) is 0 Å². The molecular weight excluding hydrogens is 488 g/mol. The lowest BCUT2D eigenvalue weighted by atomic mass is 9.88. The van der Waals surface area contributed by atoms with Crippen molar-refractivity contribution < 1.29 is 13.2 Å². The van der Waals surface area contributed by atoms with E-state index in [9.17, 15) is 8.42 Å². The maximum absolute atomic E-state index is 12.5. The molecule has 0 spiro atoms. The van der Waals surface area contributed by atoms with Gasteiger partial charge in [0, 0.05) is 23.0 Å². The molecule has 2 fully saturated rings. The Morgan fingerprint density at radius 3 is 2.67 bits per heavy atom. The van der Waals surface area contributed by atoms with Crippen molar-refractivity contribution in [3.63, 3.8) is 0 Å². The molecule has 30 heavy (non-hydrogen) atoms. The SMILES string of the molecule is CCS(=O)(=O)c1cc(Br)c(OC)c(-c2ccc(C3CCCC4CCCCN43)[nH]2)c1.Cl. The molecular formula is C22H30BrClN2O3S. The predicted molar refractivity (Wildman–Crippen MR) is 126 cm³/mol. The van der Waals surface area contributed by atoms with E-state index < -0.39 is 9.84 Å². The molecule has 166 valence electrons. The third-order valence-corrected chi connectivity index (χ3v) is 8.71. The molecule has 1 aromatic carbocycles. The van der Waals surface area contributed by atoms with Gasteiger partial charge in [-0.1, -0.05) is 13.3 Å². The first-order valence-corrected chi connectivity index (χ1v) is 12.9. The molecule has 2 aliphatic heterocycles. The number of halogens is 2. The normalized spacial score (nSPS) is 22.2. The lowest BCUT2D eigenvalue weighted by Crippen LogP contribution is -2.44. The van der Waals surface area contributed by atoms with Gasteiger partial charge in [0.15, 0.2) is 9.84 Å². The van der Waals surface area contributed by atoms with Crippen molar-refractivity contribution >= 4 is 38.2 Å². The molecule has 5 nitrogen and oxygen atoms in total. The Hall–Kier alpha value is -1.02. The van der Waals surface area contributed by atoms with Crippen molar-refractivity contribution in [1.82, 2.24) is 9.88 Å². The van der Waals surface area contributed by atoms with Crippen molar-refractivity contribution in [2.75, 3.05) is 19.4 Å². The number of aromatic nitrogens is 1. The quantitative estimate of drug-likeness (QED) is 0.549. The molecule has 1 N–H and O–H groups in total. The van der Waals surface area contributed by atoms with Gasteiger partial charge < -0.3 is 9.72 Å². The van der Waals surface area contributed by atoms with E-state index >= 15 is 0 Å². The maximum Gasteiger partial charge on any atom is 0.178 e. The molecule has 2 saturated heterocycles. The minimum Gasteiger partial charge on any atom is -0.495 e. The molecule has 4 rings (SSSR count). The molecule has 2 atom stereocenters. The molecule has 0 bridgehead atoms. The summed E-state index contributed by atoms with van der Waals surface area (Å²) in [6.45, 7) is 2.83. The van der Waals surface area contributed by atoms with Gasteiger partial charge in [0.05, 0.1) is 28.3 Å². The van der Waals surface area contributed by atoms with Crippen molar-refractivity contribution in [3.05, 3.63) is 34.4 Å². The topological polar surface area (TPSA) is 62.4 Å². The highest BCUT2D eigenvalue weighted by Gasteiger charge is 2.33. The fraction of sp³-hybridized carbons (Fsp3) is 0.545. The molecule has 0 amide bonds. The van der Waals surface area contributed by atoms with E-state index in [0.29, 0.717) is 27.2 Å². The summed E-state index contributed by atoms with van der Waals surface area (Å²) in [4.78, 5) is 6.58. The highest BCUT2D eigenvalue weighted by atomic mass is 79.9. The summed E-state index contributed by atoms with van der Waals surface area (Å²) in [6, 6.07) is 8.68. The van der Waals surface area contributed by atoms with Gasteiger partial charge in [-0.3, -0.25) is 4.90 Å². The molecule has 2 aromatic rings. The number of piperidine rings is 2. The van der Waals surface area contributed by atoms with Crippen LogP contribution in [0.5, 0.6) is 5.75 Å². The number of aromatic amines is 1. The van der Waals surface area contributed by atoms with Crippen LogP contribution in [0, 0.1) is 0 Å².